The van der Waals surface area contributed by atoms with Gasteiger partial charge in [-0.15, -0.1) is 0 Å². The highest BCUT2D eigenvalue weighted by atomic mass is 15.2. The summed E-state index contributed by atoms with van der Waals surface area (Å²) in [5.74, 6) is 0.933. The molecule has 0 fully saturated rings. The first-order chi connectivity index (χ1) is 7.93. The van der Waals surface area contributed by atoms with Gasteiger partial charge in [-0.3, -0.25) is 0 Å². The molecule has 1 aliphatic heterocycles. The molecule has 3 rings (SSSR count). The maximum absolute atomic E-state index is 4.40. The van der Waals surface area contributed by atoms with Crippen LogP contribution in [0.1, 0.15) is 5.69 Å². The molecule has 4 nitrogen and oxygen atoms in total. The lowest BCUT2D eigenvalue weighted by atomic mass is 10.3. The molecule has 0 radical (unpaired) electrons. The van der Waals surface area contributed by atoms with Crippen LogP contribution < -0.4 is 10.6 Å². The highest BCUT2D eigenvalue weighted by molar-refractivity contribution is 5.53. The summed E-state index contributed by atoms with van der Waals surface area (Å²) >= 11 is 0. The highest BCUT2D eigenvalue weighted by Gasteiger charge is 2.12. The van der Waals surface area contributed by atoms with Gasteiger partial charge in [0.2, 0.25) is 5.95 Å². The second-order valence-electron chi connectivity index (χ2n) is 3.89. The average molecular weight is 214 g/mol. The number of hydrogen-bond donors (Lipinski definition) is 2. The van der Waals surface area contributed by atoms with E-state index in [1.807, 2.05) is 36.5 Å². The van der Waals surface area contributed by atoms with Crippen LogP contribution >= 0.6 is 0 Å². The third kappa shape index (κ3) is 1.67. The van der Waals surface area contributed by atoms with E-state index in [9.17, 15) is 0 Å². The van der Waals surface area contributed by atoms with E-state index in [1.54, 1.807) is 0 Å². The minimum absolute atomic E-state index is 0.906. The molecule has 1 aromatic heterocycles. The number of aromatic nitrogens is 2. The fraction of sp³-hybridized carbons (Fsp3) is 0.250. The van der Waals surface area contributed by atoms with Crippen molar-refractivity contribution in [2.24, 2.45) is 0 Å². The van der Waals surface area contributed by atoms with E-state index in [1.165, 1.54) is 5.69 Å². The van der Waals surface area contributed by atoms with Crippen molar-refractivity contribution in [3.63, 3.8) is 0 Å². The summed E-state index contributed by atoms with van der Waals surface area (Å²) in [6.07, 6.45) is 1.93. The molecule has 1 aliphatic rings. The molecule has 4 heteroatoms. The Morgan fingerprint density at radius 2 is 2.12 bits per heavy atom. The zero-order chi connectivity index (χ0) is 10.8. The normalized spacial score (nSPS) is 14.5. The van der Waals surface area contributed by atoms with Gasteiger partial charge in [-0.05, 0) is 12.1 Å². The van der Waals surface area contributed by atoms with Crippen molar-refractivity contribution in [3.8, 4) is 0 Å². The van der Waals surface area contributed by atoms with E-state index in [0.29, 0.717) is 0 Å². The number of anilines is 2. The van der Waals surface area contributed by atoms with E-state index < -0.39 is 0 Å². The topological polar surface area (TPSA) is 41.9 Å². The third-order valence-electron chi connectivity index (χ3n) is 2.79. The van der Waals surface area contributed by atoms with Gasteiger partial charge >= 0.3 is 0 Å². The van der Waals surface area contributed by atoms with Crippen molar-refractivity contribution in [1.82, 2.24) is 14.9 Å². The predicted molar refractivity (Wildman–Crippen MR) is 63.7 cm³/mol. The van der Waals surface area contributed by atoms with Crippen LogP contribution in [0.2, 0.25) is 0 Å². The fourth-order valence-electron chi connectivity index (χ4n) is 1.96. The van der Waals surface area contributed by atoms with Crippen LogP contribution in [0.4, 0.5) is 11.6 Å². The van der Waals surface area contributed by atoms with Crippen LogP contribution in [0.15, 0.2) is 36.5 Å². The van der Waals surface area contributed by atoms with E-state index in [0.717, 1.165) is 31.3 Å². The van der Waals surface area contributed by atoms with Gasteiger partial charge in [-0.2, -0.15) is 0 Å². The van der Waals surface area contributed by atoms with Crippen LogP contribution in [0.5, 0.6) is 0 Å². The number of fused-ring (bicyclic) bond motifs is 1. The van der Waals surface area contributed by atoms with Gasteiger partial charge in [0.05, 0.1) is 11.9 Å². The molecule has 0 aliphatic carbocycles. The van der Waals surface area contributed by atoms with Gasteiger partial charge in [0.25, 0.3) is 0 Å². The molecule has 2 heterocycles. The van der Waals surface area contributed by atoms with Crippen molar-refractivity contribution >= 4 is 11.6 Å². The van der Waals surface area contributed by atoms with E-state index in [4.69, 9.17) is 0 Å². The molecule has 0 bridgehead atoms. The Labute approximate surface area is 94.3 Å². The minimum atomic E-state index is 0.906. The van der Waals surface area contributed by atoms with Crippen LogP contribution in [-0.2, 0) is 13.1 Å². The van der Waals surface area contributed by atoms with Crippen LogP contribution in [0, 0.1) is 0 Å². The Morgan fingerprint density at radius 1 is 1.25 bits per heavy atom. The Kier molecular flexibility index (Phi) is 2.34. The summed E-state index contributed by atoms with van der Waals surface area (Å²) in [4.78, 5) is 4.40. The summed E-state index contributed by atoms with van der Waals surface area (Å²) in [7, 11) is 0. The fourth-order valence-corrected chi connectivity index (χ4v) is 1.96. The standard InChI is InChI=1S/C12H14N4/c1-2-4-10(5-3-1)15-12-14-9-11-8-13-6-7-16(11)12/h1-5,9,13H,6-8H2,(H,14,15). The van der Waals surface area contributed by atoms with Gasteiger partial charge in [-0.1, -0.05) is 18.2 Å². The van der Waals surface area contributed by atoms with Crippen molar-refractivity contribution in [3.05, 3.63) is 42.2 Å². The zero-order valence-corrected chi connectivity index (χ0v) is 8.98. The van der Waals surface area contributed by atoms with E-state index >= 15 is 0 Å². The van der Waals surface area contributed by atoms with Crippen molar-refractivity contribution in [1.29, 1.82) is 0 Å². The lowest BCUT2D eigenvalue weighted by Gasteiger charge is -2.18. The van der Waals surface area contributed by atoms with Gasteiger partial charge in [-0.25, -0.2) is 4.98 Å². The molecule has 0 amide bonds. The lowest BCUT2D eigenvalue weighted by Crippen LogP contribution is -2.28. The summed E-state index contributed by atoms with van der Waals surface area (Å²) in [5, 5.41) is 6.67. The first-order valence-electron chi connectivity index (χ1n) is 5.51. The van der Waals surface area contributed by atoms with Crippen molar-refractivity contribution < 1.29 is 0 Å². The SMILES string of the molecule is c1ccc(Nc2ncc3n2CCNC3)cc1. The maximum atomic E-state index is 4.40. The molecule has 16 heavy (non-hydrogen) atoms. The van der Waals surface area contributed by atoms with E-state index in [-0.39, 0.29) is 0 Å². The molecular formula is C12H14N4. The average Bonchev–Trinajstić information content (AvgIpc) is 2.74. The van der Waals surface area contributed by atoms with Crippen LogP contribution in [0.3, 0.4) is 0 Å². The Bertz CT molecular complexity index is 475. The maximum Gasteiger partial charge on any atom is 0.207 e. The molecule has 0 atom stereocenters. The van der Waals surface area contributed by atoms with Gasteiger partial charge in [0.15, 0.2) is 0 Å². The minimum Gasteiger partial charge on any atom is -0.326 e. The summed E-state index contributed by atoms with van der Waals surface area (Å²) in [6, 6.07) is 10.1. The Hall–Kier alpha value is -1.81. The molecule has 0 saturated carbocycles. The second-order valence-corrected chi connectivity index (χ2v) is 3.89. The predicted octanol–water partition coefficient (Wildman–Crippen LogP) is 1.73. The van der Waals surface area contributed by atoms with Gasteiger partial charge in [0, 0.05) is 25.3 Å². The summed E-state index contributed by atoms with van der Waals surface area (Å²) in [5.41, 5.74) is 2.32. The quantitative estimate of drug-likeness (QED) is 0.800. The van der Waals surface area contributed by atoms with Crippen LogP contribution in [0.25, 0.3) is 0 Å². The monoisotopic (exact) mass is 214 g/mol. The number of hydrogen-bond acceptors (Lipinski definition) is 3. The van der Waals surface area contributed by atoms with Gasteiger partial charge < -0.3 is 15.2 Å². The van der Waals surface area contributed by atoms with Crippen LogP contribution in [-0.4, -0.2) is 16.1 Å². The molecule has 0 spiro atoms. The number of nitrogens with zero attached hydrogens (tertiary/aromatic N) is 2. The molecule has 1 aromatic carbocycles. The highest BCUT2D eigenvalue weighted by Crippen LogP contribution is 2.18. The largest absolute Gasteiger partial charge is 0.326 e. The molecule has 0 unspecified atom stereocenters. The summed E-state index contributed by atoms with van der Waals surface area (Å²) < 4.78 is 2.23. The number of imidazole rings is 1. The van der Waals surface area contributed by atoms with Crippen molar-refractivity contribution in [2.75, 3.05) is 11.9 Å². The third-order valence-corrected chi connectivity index (χ3v) is 2.79. The molecule has 0 saturated heterocycles. The Balaban J connectivity index is 1.88. The molecule has 2 aromatic rings. The van der Waals surface area contributed by atoms with Gasteiger partial charge in [0.1, 0.15) is 0 Å². The number of nitrogens with one attached hydrogen (secondary N) is 2. The molecular weight excluding hydrogens is 200 g/mol. The first-order valence-corrected chi connectivity index (χ1v) is 5.51. The second kappa shape index (κ2) is 3.98. The molecule has 2 N–H and O–H groups in total. The first kappa shape index (κ1) is 9.42. The zero-order valence-electron chi connectivity index (χ0n) is 8.98. The molecule has 82 valence electrons. The number of rotatable bonds is 2. The number of benzene rings is 1. The van der Waals surface area contributed by atoms with Crippen molar-refractivity contribution in [2.45, 2.75) is 13.1 Å². The Morgan fingerprint density at radius 3 is 3.00 bits per heavy atom. The summed E-state index contributed by atoms with van der Waals surface area (Å²) in [6.45, 7) is 2.89. The van der Waals surface area contributed by atoms with E-state index in [2.05, 4.69) is 20.2 Å². The smallest absolute Gasteiger partial charge is 0.207 e. The number of para-hydroxylation sites is 1. The lowest BCUT2D eigenvalue weighted by molar-refractivity contribution is 0.520.